The van der Waals surface area contributed by atoms with Gasteiger partial charge in [0, 0.05) is 29.2 Å². The number of nitrogens with one attached hydrogen (secondary N) is 2. The van der Waals surface area contributed by atoms with Crippen molar-refractivity contribution in [1.82, 2.24) is 4.72 Å². The van der Waals surface area contributed by atoms with E-state index >= 15 is 0 Å². The number of anilines is 1. The van der Waals surface area contributed by atoms with Gasteiger partial charge >= 0.3 is 0 Å². The number of carbonyl (C=O) groups excluding carboxylic acids is 1. The molecule has 2 aromatic rings. The highest BCUT2D eigenvalue weighted by atomic mass is 79.9. The standard InChI is InChI=1S/C19H17BrClN3O3S/c20-16-8-6-13(11-17(16)21)7-9-19(25)23-14-3-1-4-15(12-14)28(26,27)24-18-5-2-10-22-18/h1,3-4,6-9,11-12H,2,5,10H2,(H,22,24)(H,23,25)/b9-7+. The van der Waals surface area contributed by atoms with E-state index in [2.05, 4.69) is 31.0 Å². The molecule has 0 aromatic heterocycles. The first-order chi connectivity index (χ1) is 13.3. The number of nitrogens with zero attached hydrogens (tertiary/aromatic N) is 1. The topological polar surface area (TPSA) is 87.6 Å². The molecule has 0 unspecified atom stereocenters. The molecule has 3 rings (SSSR count). The van der Waals surface area contributed by atoms with Gasteiger partial charge in [0.05, 0.1) is 9.92 Å². The number of amidine groups is 1. The molecule has 0 fully saturated rings. The lowest BCUT2D eigenvalue weighted by atomic mass is 10.2. The molecule has 146 valence electrons. The van der Waals surface area contributed by atoms with E-state index in [1.54, 1.807) is 30.3 Å². The Morgan fingerprint density at radius 2 is 2.04 bits per heavy atom. The van der Waals surface area contributed by atoms with Crippen LogP contribution >= 0.6 is 27.5 Å². The maximum absolute atomic E-state index is 12.5. The molecule has 0 atom stereocenters. The SMILES string of the molecule is O=C(/C=C/c1ccc(Br)c(Cl)c1)Nc1cccc(S(=O)(=O)NC2=NCCC2)c1. The van der Waals surface area contributed by atoms with Crippen LogP contribution in [0.3, 0.4) is 0 Å². The largest absolute Gasteiger partial charge is 0.322 e. The molecule has 0 saturated carbocycles. The van der Waals surface area contributed by atoms with Crippen LogP contribution in [0.1, 0.15) is 18.4 Å². The van der Waals surface area contributed by atoms with Gasteiger partial charge < -0.3 is 5.32 Å². The van der Waals surface area contributed by atoms with E-state index in [0.29, 0.717) is 29.5 Å². The lowest BCUT2D eigenvalue weighted by Gasteiger charge is -2.09. The lowest BCUT2D eigenvalue weighted by molar-refractivity contribution is -0.111. The van der Waals surface area contributed by atoms with Gasteiger partial charge in [0.1, 0.15) is 5.84 Å². The Morgan fingerprint density at radius 1 is 1.21 bits per heavy atom. The molecule has 0 bridgehead atoms. The molecule has 28 heavy (non-hydrogen) atoms. The van der Waals surface area contributed by atoms with Gasteiger partial charge in [-0.1, -0.05) is 23.7 Å². The van der Waals surface area contributed by atoms with Crippen LogP contribution in [0.25, 0.3) is 6.08 Å². The molecule has 2 aromatic carbocycles. The van der Waals surface area contributed by atoms with Crippen molar-refractivity contribution in [3.8, 4) is 0 Å². The monoisotopic (exact) mass is 481 g/mol. The third-order valence-corrected chi connectivity index (χ3v) is 6.52. The van der Waals surface area contributed by atoms with Crippen LogP contribution in [0.2, 0.25) is 5.02 Å². The Hall–Kier alpha value is -2.16. The van der Waals surface area contributed by atoms with Crippen LogP contribution in [-0.2, 0) is 14.8 Å². The van der Waals surface area contributed by atoms with Gasteiger partial charge in [0.15, 0.2) is 0 Å². The first kappa shape index (κ1) is 20.6. The van der Waals surface area contributed by atoms with Crippen LogP contribution in [-0.4, -0.2) is 26.7 Å². The second kappa shape index (κ2) is 8.89. The summed E-state index contributed by atoms with van der Waals surface area (Å²) in [6.07, 6.45) is 4.42. The summed E-state index contributed by atoms with van der Waals surface area (Å²) in [5.74, 6) is 0.0762. The zero-order valence-corrected chi connectivity index (χ0v) is 17.8. The van der Waals surface area contributed by atoms with E-state index in [1.165, 1.54) is 18.2 Å². The minimum atomic E-state index is -3.74. The number of hydrogen-bond donors (Lipinski definition) is 2. The van der Waals surface area contributed by atoms with Gasteiger partial charge in [-0.3, -0.25) is 14.5 Å². The van der Waals surface area contributed by atoms with Gasteiger partial charge in [0.2, 0.25) is 5.91 Å². The predicted molar refractivity (Wildman–Crippen MR) is 115 cm³/mol. The number of sulfonamides is 1. The van der Waals surface area contributed by atoms with Gasteiger partial charge in [-0.2, -0.15) is 0 Å². The molecular formula is C19H17BrClN3O3S. The number of benzene rings is 2. The Balaban J connectivity index is 1.69. The predicted octanol–water partition coefficient (Wildman–Crippen LogP) is 4.23. The molecule has 1 heterocycles. The number of carbonyl (C=O) groups is 1. The second-order valence-corrected chi connectivity index (χ2v) is 9.01. The Labute approximate surface area is 176 Å². The summed E-state index contributed by atoms with van der Waals surface area (Å²) >= 11 is 9.33. The van der Waals surface area contributed by atoms with Crippen LogP contribution < -0.4 is 10.0 Å². The molecule has 1 aliphatic heterocycles. The average molecular weight is 483 g/mol. The highest BCUT2D eigenvalue weighted by Gasteiger charge is 2.18. The van der Waals surface area contributed by atoms with E-state index in [0.717, 1.165) is 16.5 Å². The molecule has 0 saturated heterocycles. The molecule has 0 spiro atoms. The Kier molecular flexibility index (Phi) is 6.53. The molecule has 0 aliphatic carbocycles. The fraction of sp³-hybridized carbons (Fsp3) is 0.158. The molecule has 9 heteroatoms. The van der Waals surface area contributed by atoms with Crippen molar-refractivity contribution < 1.29 is 13.2 Å². The molecule has 2 N–H and O–H groups in total. The van der Waals surface area contributed by atoms with Gasteiger partial charge in [-0.05, 0) is 64.3 Å². The third kappa shape index (κ3) is 5.43. The summed E-state index contributed by atoms with van der Waals surface area (Å²) in [5, 5.41) is 3.20. The highest BCUT2D eigenvalue weighted by molar-refractivity contribution is 9.10. The number of halogens is 2. The normalized spacial score (nSPS) is 14.1. The smallest absolute Gasteiger partial charge is 0.262 e. The minimum Gasteiger partial charge on any atom is -0.322 e. The number of amides is 1. The fourth-order valence-electron chi connectivity index (χ4n) is 2.55. The maximum Gasteiger partial charge on any atom is 0.262 e. The van der Waals surface area contributed by atoms with Crippen molar-refractivity contribution in [2.45, 2.75) is 17.7 Å². The molecule has 1 amide bonds. The molecule has 6 nitrogen and oxygen atoms in total. The summed E-state index contributed by atoms with van der Waals surface area (Å²) in [6, 6.07) is 11.4. The van der Waals surface area contributed by atoms with Crippen molar-refractivity contribution in [3.63, 3.8) is 0 Å². The van der Waals surface area contributed by atoms with Crippen LogP contribution in [0.5, 0.6) is 0 Å². The van der Waals surface area contributed by atoms with Crippen molar-refractivity contribution >= 4 is 61.1 Å². The van der Waals surface area contributed by atoms with E-state index in [4.69, 9.17) is 11.6 Å². The zero-order valence-electron chi connectivity index (χ0n) is 14.7. The summed E-state index contributed by atoms with van der Waals surface area (Å²) < 4.78 is 28.2. The van der Waals surface area contributed by atoms with E-state index in [1.807, 2.05) is 6.07 Å². The number of aliphatic imine (C=N–C) groups is 1. The summed E-state index contributed by atoms with van der Waals surface area (Å²) in [6.45, 7) is 0.629. The number of hydrogen-bond acceptors (Lipinski definition) is 4. The first-order valence-electron chi connectivity index (χ1n) is 8.44. The van der Waals surface area contributed by atoms with Gasteiger partial charge in [-0.15, -0.1) is 0 Å². The van der Waals surface area contributed by atoms with Crippen molar-refractivity contribution in [3.05, 3.63) is 63.6 Å². The fourth-order valence-corrected chi connectivity index (χ4v) is 4.12. The van der Waals surface area contributed by atoms with Crippen LogP contribution in [0.15, 0.2) is 62.9 Å². The second-order valence-electron chi connectivity index (χ2n) is 6.06. The van der Waals surface area contributed by atoms with E-state index < -0.39 is 10.0 Å². The van der Waals surface area contributed by atoms with Crippen molar-refractivity contribution in [2.75, 3.05) is 11.9 Å². The number of rotatable bonds is 5. The van der Waals surface area contributed by atoms with Gasteiger partial charge in [-0.25, -0.2) is 8.42 Å². The van der Waals surface area contributed by atoms with Crippen LogP contribution in [0, 0.1) is 0 Å². The quantitative estimate of drug-likeness (QED) is 0.625. The summed E-state index contributed by atoms with van der Waals surface area (Å²) in [4.78, 5) is 16.3. The lowest BCUT2D eigenvalue weighted by Crippen LogP contribution is -2.29. The average Bonchev–Trinajstić information content (AvgIpc) is 3.15. The first-order valence-corrected chi connectivity index (χ1v) is 11.1. The Morgan fingerprint density at radius 3 is 2.75 bits per heavy atom. The molecular weight excluding hydrogens is 466 g/mol. The van der Waals surface area contributed by atoms with E-state index in [-0.39, 0.29) is 10.8 Å². The minimum absolute atomic E-state index is 0.0589. The van der Waals surface area contributed by atoms with Crippen molar-refractivity contribution in [1.29, 1.82) is 0 Å². The molecule has 1 aliphatic rings. The highest BCUT2D eigenvalue weighted by Crippen LogP contribution is 2.23. The van der Waals surface area contributed by atoms with E-state index in [9.17, 15) is 13.2 Å². The van der Waals surface area contributed by atoms with Crippen LogP contribution in [0.4, 0.5) is 5.69 Å². The third-order valence-electron chi connectivity index (χ3n) is 3.91. The molecule has 0 radical (unpaired) electrons. The maximum atomic E-state index is 12.5. The van der Waals surface area contributed by atoms with Crippen molar-refractivity contribution in [2.24, 2.45) is 4.99 Å². The zero-order chi connectivity index (χ0) is 20.1. The summed E-state index contributed by atoms with van der Waals surface area (Å²) in [7, 11) is -3.74. The summed E-state index contributed by atoms with van der Waals surface area (Å²) in [5.41, 5.74) is 1.14. The Bertz CT molecular complexity index is 1070. The van der Waals surface area contributed by atoms with Gasteiger partial charge in [0.25, 0.3) is 10.0 Å².